The van der Waals surface area contributed by atoms with Gasteiger partial charge in [0, 0.05) is 17.4 Å². The van der Waals surface area contributed by atoms with Crippen LogP contribution in [0.5, 0.6) is 11.5 Å². The monoisotopic (exact) mass is 400 g/mol. The first-order chi connectivity index (χ1) is 12.2. The molecular weight excluding hydrogens is 380 g/mol. The molecule has 4 nitrogen and oxygen atoms in total. The Morgan fingerprint density at radius 2 is 2.00 bits per heavy atom. The molecule has 0 aliphatic heterocycles. The number of rotatable bonds is 7. The van der Waals surface area contributed by atoms with Crippen molar-refractivity contribution in [3.05, 3.63) is 64.3 Å². The largest absolute Gasteiger partial charge is 0.508 e. The van der Waals surface area contributed by atoms with Gasteiger partial charge in [-0.15, -0.1) is 0 Å². The number of ether oxygens (including phenoxy) is 1. The maximum Gasteiger partial charge on any atom is 0.119 e. The molecule has 1 heterocycles. The molecule has 0 fully saturated rings. The lowest BCUT2D eigenvalue weighted by Gasteiger charge is -2.04. The molecule has 0 spiro atoms. The number of fused-ring (bicyclic) bond motifs is 1. The van der Waals surface area contributed by atoms with Gasteiger partial charge in [0.05, 0.1) is 11.7 Å². The zero-order valence-corrected chi connectivity index (χ0v) is 15.6. The third kappa shape index (κ3) is 4.44. The van der Waals surface area contributed by atoms with E-state index in [-0.39, 0.29) is 5.75 Å². The first-order valence-corrected chi connectivity index (χ1v) is 8.97. The van der Waals surface area contributed by atoms with Crippen molar-refractivity contribution in [2.24, 2.45) is 0 Å². The lowest BCUT2D eigenvalue weighted by atomic mass is 10.1. The summed E-state index contributed by atoms with van der Waals surface area (Å²) in [5, 5.41) is 13.9. The molecule has 1 aromatic heterocycles. The minimum Gasteiger partial charge on any atom is -0.508 e. The van der Waals surface area contributed by atoms with Crippen molar-refractivity contribution in [3.8, 4) is 11.5 Å². The van der Waals surface area contributed by atoms with E-state index in [2.05, 4.69) is 38.4 Å². The fourth-order valence-electron chi connectivity index (χ4n) is 2.74. The Balaban J connectivity index is 1.54. The molecule has 0 atom stereocenters. The minimum atomic E-state index is 0.288. The molecule has 0 saturated heterocycles. The summed E-state index contributed by atoms with van der Waals surface area (Å²) in [6.07, 6.45) is 5.04. The molecule has 3 N–H and O–H groups in total. The Morgan fingerprint density at radius 3 is 2.76 bits per heavy atom. The van der Waals surface area contributed by atoms with Crippen molar-refractivity contribution in [3.63, 3.8) is 0 Å². The fourth-order valence-corrected chi connectivity index (χ4v) is 3.37. The van der Waals surface area contributed by atoms with Gasteiger partial charge in [0.15, 0.2) is 0 Å². The number of aromatic hydroxyl groups is 1. The summed E-state index contributed by atoms with van der Waals surface area (Å²) in [4.78, 5) is 3.36. The standard InChI is InChI=1S/C20H21BrN2O2/c1-25-16-8-9-19-18(13-16)17(20(21)23-19)10-12-22-11-2-3-14-4-6-15(24)7-5-14/h2-9,13,22-24H,10-12H2,1H3/b3-2+. The van der Waals surface area contributed by atoms with Crippen LogP contribution in [0.25, 0.3) is 17.0 Å². The van der Waals surface area contributed by atoms with Crippen molar-refractivity contribution in [1.29, 1.82) is 0 Å². The van der Waals surface area contributed by atoms with Crippen LogP contribution in [0.15, 0.2) is 53.1 Å². The van der Waals surface area contributed by atoms with Gasteiger partial charge in [0.25, 0.3) is 0 Å². The Labute approximate surface area is 155 Å². The van der Waals surface area contributed by atoms with E-state index in [9.17, 15) is 5.11 Å². The maximum absolute atomic E-state index is 9.27. The van der Waals surface area contributed by atoms with Crippen molar-refractivity contribution in [2.75, 3.05) is 20.2 Å². The van der Waals surface area contributed by atoms with Crippen LogP contribution < -0.4 is 10.1 Å². The second-order valence-corrected chi connectivity index (χ2v) is 6.57. The van der Waals surface area contributed by atoms with Crippen LogP contribution in [0, 0.1) is 0 Å². The van der Waals surface area contributed by atoms with Gasteiger partial charge in [-0.3, -0.25) is 0 Å². The topological polar surface area (TPSA) is 57.3 Å². The van der Waals surface area contributed by atoms with Gasteiger partial charge in [-0.1, -0.05) is 24.3 Å². The predicted octanol–water partition coefficient (Wildman–Crippen LogP) is 4.49. The molecule has 0 unspecified atom stereocenters. The molecule has 0 aliphatic carbocycles. The molecule has 3 aromatic rings. The molecule has 130 valence electrons. The summed E-state index contributed by atoms with van der Waals surface area (Å²) in [5.74, 6) is 1.15. The second kappa shape index (κ2) is 8.23. The third-order valence-electron chi connectivity index (χ3n) is 4.08. The number of aromatic amines is 1. The van der Waals surface area contributed by atoms with Gasteiger partial charge in [-0.2, -0.15) is 0 Å². The number of methoxy groups -OCH3 is 1. The second-order valence-electron chi connectivity index (χ2n) is 5.78. The minimum absolute atomic E-state index is 0.288. The summed E-state index contributed by atoms with van der Waals surface area (Å²) >= 11 is 3.62. The molecule has 25 heavy (non-hydrogen) atoms. The van der Waals surface area contributed by atoms with Crippen LogP contribution in [0.4, 0.5) is 0 Å². The van der Waals surface area contributed by atoms with Crippen LogP contribution in [0.2, 0.25) is 0 Å². The summed E-state index contributed by atoms with van der Waals surface area (Å²) in [6.45, 7) is 1.67. The molecule has 0 saturated carbocycles. The van der Waals surface area contributed by atoms with E-state index in [1.807, 2.05) is 30.3 Å². The van der Waals surface area contributed by atoms with E-state index in [0.717, 1.165) is 40.9 Å². The number of hydrogen-bond acceptors (Lipinski definition) is 3. The Morgan fingerprint density at radius 1 is 1.20 bits per heavy atom. The smallest absolute Gasteiger partial charge is 0.119 e. The van der Waals surface area contributed by atoms with Crippen LogP contribution in [-0.2, 0) is 6.42 Å². The summed E-state index contributed by atoms with van der Waals surface area (Å²) in [5.41, 5.74) is 3.44. The van der Waals surface area contributed by atoms with E-state index in [4.69, 9.17) is 4.74 Å². The number of aromatic nitrogens is 1. The maximum atomic E-state index is 9.27. The molecule has 3 rings (SSSR count). The highest BCUT2D eigenvalue weighted by molar-refractivity contribution is 9.10. The van der Waals surface area contributed by atoms with Crippen LogP contribution in [-0.4, -0.2) is 30.3 Å². The SMILES string of the molecule is COc1ccc2[nH]c(Br)c(CCNC/C=C/c3ccc(O)cc3)c2c1. The number of nitrogens with one attached hydrogen (secondary N) is 2. The Kier molecular flexibility index (Phi) is 5.79. The first-order valence-electron chi connectivity index (χ1n) is 8.18. The molecule has 2 aromatic carbocycles. The van der Waals surface area contributed by atoms with E-state index in [1.165, 1.54) is 10.9 Å². The predicted molar refractivity (Wildman–Crippen MR) is 106 cm³/mol. The number of hydrogen-bond donors (Lipinski definition) is 3. The van der Waals surface area contributed by atoms with Crippen LogP contribution >= 0.6 is 15.9 Å². The fraction of sp³-hybridized carbons (Fsp3) is 0.200. The highest BCUT2D eigenvalue weighted by Gasteiger charge is 2.10. The van der Waals surface area contributed by atoms with Crippen LogP contribution in [0.1, 0.15) is 11.1 Å². The van der Waals surface area contributed by atoms with Gasteiger partial charge in [0.1, 0.15) is 11.5 Å². The molecular formula is C20H21BrN2O2. The van der Waals surface area contributed by atoms with Gasteiger partial charge in [-0.05, 0) is 70.4 Å². The molecule has 0 bridgehead atoms. The molecule has 0 aliphatic rings. The quantitative estimate of drug-likeness (QED) is 0.512. The van der Waals surface area contributed by atoms with Crippen molar-refractivity contribution in [2.45, 2.75) is 6.42 Å². The number of phenolic OH excluding ortho intramolecular Hbond substituents is 1. The Bertz CT molecular complexity index is 869. The van der Waals surface area contributed by atoms with E-state index in [1.54, 1.807) is 19.2 Å². The number of phenols is 1. The Hall–Kier alpha value is -2.24. The van der Waals surface area contributed by atoms with E-state index in [0.29, 0.717) is 0 Å². The highest BCUT2D eigenvalue weighted by atomic mass is 79.9. The lowest BCUT2D eigenvalue weighted by molar-refractivity contribution is 0.415. The molecule has 5 heteroatoms. The first kappa shape index (κ1) is 17.6. The average molecular weight is 401 g/mol. The van der Waals surface area contributed by atoms with Gasteiger partial charge in [0.2, 0.25) is 0 Å². The highest BCUT2D eigenvalue weighted by Crippen LogP contribution is 2.29. The van der Waals surface area contributed by atoms with E-state index >= 15 is 0 Å². The van der Waals surface area contributed by atoms with Crippen molar-refractivity contribution < 1.29 is 9.84 Å². The van der Waals surface area contributed by atoms with Gasteiger partial charge < -0.3 is 20.1 Å². The average Bonchev–Trinajstić information content (AvgIpc) is 2.94. The van der Waals surface area contributed by atoms with Gasteiger partial charge in [-0.25, -0.2) is 0 Å². The van der Waals surface area contributed by atoms with Crippen molar-refractivity contribution in [1.82, 2.24) is 10.3 Å². The van der Waals surface area contributed by atoms with E-state index < -0.39 is 0 Å². The van der Waals surface area contributed by atoms with Crippen molar-refractivity contribution >= 4 is 32.9 Å². The lowest BCUT2D eigenvalue weighted by Crippen LogP contribution is -2.17. The normalized spacial score (nSPS) is 11.4. The molecule has 0 radical (unpaired) electrons. The molecule has 0 amide bonds. The third-order valence-corrected chi connectivity index (χ3v) is 4.76. The summed E-state index contributed by atoms with van der Waals surface area (Å²) in [6, 6.07) is 13.2. The number of H-pyrrole nitrogens is 1. The summed E-state index contributed by atoms with van der Waals surface area (Å²) in [7, 11) is 1.69. The number of benzene rings is 2. The zero-order valence-electron chi connectivity index (χ0n) is 14.1. The summed E-state index contributed by atoms with van der Waals surface area (Å²) < 4.78 is 6.35. The van der Waals surface area contributed by atoms with Crippen LogP contribution in [0.3, 0.4) is 0 Å². The zero-order chi connectivity index (χ0) is 17.6. The van der Waals surface area contributed by atoms with Gasteiger partial charge >= 0.3 is 0 Å². The number of halogens is 1.